The van der Waals surface area contributed by atoms with Gasteiger partial charge in [-0.15, -0.1) is 13.2 Å². The van der Waals surface area contributed by atoms with Gasteiger partial charge in [0, 0.05) is 23.6 Å². The first kappa shape index (κ1) is 19.2. The molecule has 0 saturated carbocycles. The predicted molar refractivity (Wildman–Crippen MR) is 109 cm³/mol. The van der Waals surface area contributed by atoms with E-state index >= 15 is 0 Å². The molecule has 2 aromatic carbocycles. The fourth-order valence-corrected chi connectivity index (χ4v) is 2.51. The average Bonchev–Trinajstić information content (AvgIpc) is 2.64. The number of aliphatic imine (C=N–C) groups is 2. The molecule has 0 saturated heterocycles. The van der Waals surface area contributed by atoms with Crippen LogP contribution in [0, 0.1) is 0 Å². The van der Waals surface area contributed by atoms with Gasteiger partial charge in [0.15, 0.2) is 0 Å². The molecular weight excluding hydrogens is 324 g/mol. The summed E-state index contributed by atoms with van der Waals surface area (Å²) < 4.78 is 0. The highest BCUT2D eigenvalue weighted by Crippen LogP contribution is 2.22. The van der Waals surface area contributed by atoms with Gasteiger partial charge in [0.1, 0.15) is 11.5 Å². The van der Waals surface area contributed by atoms with Crippen LogP contribution in [0.25, 0.3) is 0 Å². The molecule has 4 heteroatoms. The van der Waals surface area contributed by atoms with E-state index in [-0.39, 0.29) is 11.5 Å². The van der Waals surface area contributed by atoms with E-state index in [4.69, 9.17) is 0 Å². The van der Waals surface area contributed by atoms with E-state index in [1.54, 1.807) is 24.6 Å². The molecule has 0 amide bonds. The summed E-state index contributed by atoms with van der Waals surface area (Å²) in [6, 6.07) is 11.1. The highest BCUT2D eigenvalue weighted by Gasteiger charge is 2.04. The zero-order chi connectivity index (χ0) is 18.8. The number of nitrogens with zero attached hydrogens (tertiary/aromatic N) is 2. The van der Waals surface area contributed by atoms with Crippen molar-refractivity contribution in [3.63, 3.8) is 0 Å². The van der Waals surface area contributed by atoms with Gasteiger partial charge in [-0.05, 0) is 36.1 Å². The molecule has 2 N–H and O–H groups in total. The summed E-state index contributed by atoms with van der Waals surface area (Å²) in [5.74, 6) is 0.479. The molecule has 134 valence electrons. The van der Waals surface area contributed by atoms with Gasteiger partial charge in [0.2, 0.25) is 0 Å². The summed E-state index contributed by atoms with van der Waals surface area (Å²) in [4.78, 5) is 8.61. The molecule has 0 fully saturated rings. The maximum Gasteiger partial charge on any atom is 0.127 e. The van der Waals surface area contributed by atoms with E-state index in [9.17, 15) is 10.2 Å². The van der Waals surface area contributed by atoms with E-state index < -0.39 is 0 Å². The molecular formula is C22H24N2O2. The molecule has 0 unspecified atom stereocenters. The van der Waals surface area contributed by atoms with Gasteiger partial charge in [-0.3, -0.25) is 9.98 Å². The van der Waals surface area contributed by atoms with Crippen molar-refractivity contribution in [3.8, 4) is 11.5 Å². The van der Waals surface area contributed by atoms with Crippen molar-refractivity contribution in [3.05, 3.63) is 84.0 Å². The second-order valence-corrected chi connectivity index (χ2v) is 5.77. The minimum Gasteiger partial charge on any atom is -0.507 e. The highest BCUT2D eigenvalue weighted by molar-refractivity contribution is 5.85. The van der Waals surface area contributed by atoms with Crippen molar-refractivity contribution >= 4 is 12.4 Å². The Hall–Kier alpha value is -3.14. The van der Waals surface area contributed by atoms with E-state index in [1.807, 2.05) is 36.4 Å². The molecule has 2 aromatic rings. The van der Waals surface area contributed by atoms with Crippen LogP contribution in [0.15, 0.2) is 71.7 Å². The highest BCUT2D eigenvalue weighted by atomic mass is 16.3. The molecule has 26 heavy (non-hydrogen) atoms. The van der Waals surface area contributed by atoms with Crippen LogP contribution in [0.3, 0.4) is 0 Å². The molecule has 0 aliphatic heterocycles. The number of allylic oxidation sites excluding steroid dienone is 2. The fraction of sp³-hybridized carbons (Fsp3) is 0.182. The third-order valence-electron chi connectivity index (χ3n) is 3.85. The van der Waals surface area contributed by atoms with Crippen LogP contribution in [-0.2, 0) is 12.8 Å². The number of aromatic hydroxyl groups is 2. The summed E-state index contributed by atoms with van der Waals surface area (Å²) in [6.45, 7) is 8.36. The first-order valence-electron chi connectivity index (χ1n) is 8.50. The van der Waals surface area contributed by atoms with E-state index in [2.05, 4.69) is 23.1 Å². The van der Waals surface area contributed by atoms with Crippen molar-refractivity contribution in [1.29, 1.82) is 0 Å². The zero-order valence-electron chi connectivity index (χ0n) is 14.8. The first-order valence-corrected chi connectivity index (χ1v) is 8.50. The van der Waals surface area contributed by atoms with Gasteiger partial charge in [-0.25, -0.2) is 0 Å². The van der Waals surface area contributed by atoms with Crippen molar-refractivity contribution < 1.29 is 10.2 Å². The van der Waals surface area contributed by atoms with Crippen LogP contribution in [-0.4, -0.2) is 35.7 Å². The summed E-state index contributed by atoms with van der Waals surface area (Å²) in [6.07, 6.45) is 8.05. The van der Waals surface area contributed by atoms with Crippen molar-refractivity contribution in [2.45, 2.75) is 12.8 Å². The normalized spacial score (nSPS) is 11.2. The smallest absolute Gasteiger partial charge is 0.127 e. The summed E-state index contributed by atoms with van der Waals surface area (Å²) >= 11 is 0. The lowest BCUT2D eigenvalue weighted by molar-refractivity contribution is 0.468. The van der Waals surface area contributed by atoms with Crippen LogP contribution in [0.4, 0.5) is 0 Å². The van der Waals surface area contributed by atoms with Gasteiger partial charge in [-0.1, -0.05) is 36.4 Å². The van der Waals surface area contributed by atoms with Crippen molar-refractivity contribution in [2.24, 2.45) is 9.98 Å². The number of para-hydroxylation sites is 2. The topological polar surface area (TPSA) is 65.2 Å². The minimum absolute atomic E-state index is 0.239. The molecule has 4 nitrogen and oxygen atoms in total. The number of phenolic OH excluding ortho intramolecular Hbond substituents is 2. The van der Waals surface area contributed by atoms with Crippen LogP contribution in [0.2, 0.25) is 0 Å². The lowest BCUT2D eigenvalue weighted by Gasteiger charge is -2.04. The van der Waals surface area contributed by atoms with E-state index in [1.165, 1.54) is 0 Å². The van der Waals surface area contributed by atoms with Gasteiger partial charge in [0.05, 0.1) is 13.1 Å². The third kappa shape index (κ3) is 5.18. The largest absolute Gasteiger partial charge is 0.507 e. The molecule has 0 aliphatic carbocycles. The van der Waals surface area contributed by atoms with Crippen LogP contribution >= 0.6 is 0 Å². The maximum absolute atomic E-state index is 10.2. The predicted octanol–water partition coefficient (Wildman–Crippen LogP) is 4.09. The molecule has 2 rings (SSSR count). The number of rotatable bonds is 9. The van der Waals surface area contributed by atoms with Gasteiger partial charge >= 0.3 is 0 Å². The van der Waals surface area contributed by atoms with Gasteiger partial charge in [0.25, 0.3) is 0 Å². The Labute approximate surface area is 154 Å². The SMILES string of the molecule is C=CCc1cccc(/C=N\CC/N=C\c2cccc(CC=C)c2O)c1O. The molecule has 0 spiro atoms. The number of hydrogen-bond donors (Lipinski definition) is 2. The second kappa shape index (κ2) is 9.99. The molecule has 0 aliphatic rings. The Morgan fingerprint density at radius 2 is 1.15 bits per heavy atom. The Morgan fingerprint density at radius 1 is 0.731 bits per heavy atom. The lowest BCUT2D eigenvalue weighted by Crippen LogP contribution is -1.93. The molecule has 0 radical (unpaired) electrons. The Bertz CT molecular complexity index is 753. The fourth-order valence-electron chi connectivity index (χ4n) is 2.51. The third-order valence-corrected chi connectivity index (χ3v) is 3.85. The zero-order valence-corrected chi connectivity index (χ0v) is 14.8. The summed E-state index contributed by atoms with van der Waals surface area (Å²) in [5, 5.41) is 20.3. The second-order valence-electron chi connectivity index (χ2n) is 5.77. The molecule has 0 heterocycles. The quantitative estimate of drug-likeness (QED) is 0.407. The van der Waals surface area contributed by atoms with E-state index in [0.29, 0.717) is 37.1 Å². The lowest BCUT2D eigenvalue weighted by atomic mass is 10.1. The monoisotopic (exact) mass is 348 g/mol. The van der Waals surface area contributed by atoms with E-state index in [0.717, 1.165) is 11.1 Å². The average molecular weight is 348 g/mol. The van der Waals surface area contributed by atoms with Gasteiger partial charge in [-0.2, -0.15) is 0 Å². The van der Waals surface area contributed by atoms with Crippen molar-refractivity contribution in [1.82, 2.24) is 0 Å². The standard InChI is InChI=1S/C22H24N2O2/c1-3-7-17-9-5-11-19(21(17)25)15-23-13-14-24-16-20-12-6-10-18(8-4-2)22(20)26/h3-6,9-12,15-16,25-26H,1-2,7-8,13-14H2/b23-15-,24-16-. The minimum atomic E-state index is 0.239. The van der Waals surface area contributed by atoms with Crippen LogP contribution < -0.4 is 0 Å². The van der Waals surface area contributed by atoms with Crippen LogP contribution in [0.5, 0.6) is 11.5 Å². The van der Waals surface area contributed by atoms with Crippen molar-refractivity contribution in [2.75, 3.05) is 13.1 Å². The Kier molecular flexibility index (Phi) is 7.37. The number of benzene rings is 2. The van der Waals surface area contributed by atoms with Gasteiger partial charge < -0.3 is 10.2 Å². The summed E-state index contributed by atoms with van der Waals surface area (Å²) in [5.41, 5.74) is 3.03. The molecule has 0 atom stereocenters. The molecule has 0 bridgehead atoms. The maximum atomic E-state index is 10.2. The molecule has 0 aromatic heterocycles. The Balaban J connectivity index is 1.93. The number of hydrogen-bond acceptors (Lipinski definition) is 4. The van der Waals surface area contributed by atoms with Crippen LogP contribution in [0.1, 0.15) is 22.3 Å². The Morgan fingerprint density at radius 3 is 1.54 bits per heavy atom. The number of phenols is 2. The summed E-state index contributed by atoms with van der Waals surface area (Å²) in [7, 11) is 0. The first-order chi connectivity index (χ1) is 12.7.